The summed E-state index contributed by atoms with van der Waals surface area (Å²) >= 11 is 0. The van der Waals surface area contributed by atoms with Gasteiger partial charge in [0.15, 0.2) is 0 Å². The summed E-state index contributed by atoms with van der Waals surface area (Å²) in [4.78, 5) is 4.20. The minimum absolute atomic E-state index is 0.677. The lowest BCUT2D eigenvalue weighted by Gasteiger charge is -2.32. The van der Waals surface area contributed by atoms with Crippen molar-refractivity contribution in [3.63, 3.8) is 0 Å². The summed E-state index contributed by atoms with van der Waals surface area (Å²) in [6.45, 7) is 6.12. The predicted molar refractivity (Wildman–Crippen MR) is 91.8 cm³/mol. The number of aromatic nitrogens is 1. The zero-order chi connectivity index (χ0) is 15.1. The van der Waals surface area contributed by atoms with Gasteiger partial charge in [-0.05, 0) is 84.2 Å². The standard InChI is InChI=1S/C21H23N/c1-3-15-4-5-17(12-14(15)2)21-19-7-6-18(13-19)20(21)16-8-10-22-11-9-16/h3-5,8-12,18-21H,1,6-7,13H2,2H3. The number of aryl methyl sites for hydroxylation is 1. The highest BCUT2D eigenvalue weighted by atomic mass is 14.6. The van der Waals surface area contributed by atoms with Crippen LogP contribution in [0.15, 0.2) is 49.3 Å². The molecule has 0 N–H and O–H groups in total. The van der Waals surface area contributed by atoms with Gasteiger partial charge in [-0.3, -0.25) is 4.98 Å². The number of benzene rings is 1. The van der Waals surface area contributed by atoms with E-state index in [0.29, 0.717) is 11.8 Å². The second-order valence-electron chi connectivity index (χ2n) is 6.99. The van der Waals surface area contributed by atoms with Crippen molar-refractivity contribution in [3.05, 3.63) is 71.6 Å². The molecule has 0 spiro atoms. The van der Waals surface area contributed by atoms with E-state index in [2.05, 4.69) is 48.8 Å². The van der Waals surface area contributed by atoms with Crippen molar-refractivity contribution < 1.29 is 0 Å². The Morgan fingerprint density at radius 1 is 1.00 bits per heavy atom. The van der Waals surface area contributed by atoms with Gasteiger partial charge in [-0.1, -0.05) is 30.9 Å². The van der Waals surface area contributed by atoms with Crippen LogP contribution in [0.2, 0.25) is 0 Å². The molecule has 22 heavy (non-hydrogen) atoms. The van der Waals surface area contributed by atoms with Crippen molar-refractivity contribution in [2.75, 3.05) is 0 Å². The Morgan fingerprint density at radius 2 is 1.68 bits per heavy atom. The van der Waals surface area contributed by atoms with E-state index in [0.717, 1.165) is 11.8 Å². The highest BCUT2D eigenvalue weighted by Gasteiger charge is 2.48. The van der Waals surface area contributed by atoms with Crippen LogP contribution in [-0.4, -0.2) is 4.98 Å². The van der Waals surface area contributed by atoms with Crippen molar-refractivity contribution >= 4 is 6.08 Å². The highest BCUT2D eigenvalue weighted by Crippen LogP contribution is 2.60. The molecular formula is C21H23N. The molecule has 1 heterocycles. The van der Waals surface area contributed by atoms with E-state index in [1.54, 1.807) is 0 Å². The lowest BCUT2D eigenvalue weighted by Crippen LogP contribution is -2.19. The van der Waals surface area contributed by atoms with E-state index >= 15 is 0 Å². The van der Waals surface area contributed by atoms with Gasteiger partial charge in [0, 0.05) is 12.4 Å². The summed E-state index contributed by atoms with van der Waals surface area (Å²) in [5.41, 5.74) is 5.62. The minimum Gasteiger partial charge on any atom is -0.265 e. The van der Waals surface area contributed by atoms with Crippen molar-refractivity contribution in [2.45, 2.75) is 38.0 Å². The van der Waals surface area contributed by atoms with Crippen molar-refractivity contribution in [1.82, 2.24) is 4.98 Å². The van der Waals surface area contributed by atoms with Gasteiger partial charge in [0.2, 0.25) is 0 Å². The topological polar surface area (TPSA) is 12.9 Å². The molecule has 1 nitrogen and oxygen atoms in total. The van der Waals surface area contributed by atoms with E-state index in [1.165, 1.54) is 41.5 Å². The van der Waals surface area contributed by atoms with Crippen LogP contribution in [0, 0.1) is 18.8 Å². The van der Waals surface area contributed by atoms with Crippen molar-refractivity contribution in [3.8, 4) is 0 Å². The highest BCUT2D eigenvalue weighted by molar-refractivity contribution is 5.53. The fraction of sp³-hybridized carbons (Fsp3) is 0.381. The second-order valence-corrected chi connectivity index (χ2v) is 6.99. The van der Waals surface area contributed by atoms with E-state index in [4.69, 9.17) is 0 Å². The molecule has 2 bridgehead atoms. The minimum atomic E-state index is 0.677. The molecule has 4 unspecified atom stereocenters. The Bertz CT molecular complexity index is 688. The molecule has 1 aromatic carbocycles. The predicted octanol–water partition coefficient (Wildman–Crippen LogP) is 5.33. The number of rotatable bonds is 3. The average molecular weight is 289 g/mol. The van der Waals surface area contributed by atoms with Gasteiger partial charge in [-0.2, -0.15) is 0 Å². The molecule has 2 aliphatic carbocycles. The summed E-state index contributed by atoms with van der Waals surface area (Å²) in [6.07, 6.45) is 10.1. The van der Waals surface area contributed by atoms with Crippen LogP contribution >= 0.6 is 0 Å². The maximum Gasteiger partial charge on any atom is 0.0270 e. The van der Waals surface area contributed by atoms with Gasteiger partial charge in [-0.15, -0.1) is 0 Å². The first-order chi connectivity index (χ1) is 10.8. The largest absolute Gasteiger partial charge is 0.265 e. The molecule has 112 valence electrons. The van der Waals surface area contributed by atoms with Crippen LogP contribution in [0.4, 0.5) is 0 Å². The molecule has 0 radical (unpaired) electrons. The summed E-state index contributed by atoms with van der Waals surface area (Å²) in [5, 5.41) is 0. The van der Waals surface area contributed by atoms with Crippen molar-refractivity contribution in [2.24, 2.45) is 11.8 Å². The summed E-state index contributed by atoms with van der Waals surface area (Å²) < 4.78 is 0. The second kappa shape index (κ2) is 5.39. The van der Waals surface area contributed by atoms with Crippen LogP contribution < -0.4 is 0 Å². The lowest BCUT2D eigenvalue weighted by molar-refractivity contribution is 0.366. The Kier molecular flexibility index (Phi) is 3.37. The van der Waals surface area contributed by atoms with E-state index in [9.17, 15) is 0 Å². The SMILES string of the molecule is C=Cc1ccc(C2C3CCC(C3)C2c2ccncc2)cc1C. The van der Waals surface area contributed by atoms with Gasteiger partial charge < -0.3 is 0 Å². The first-order valence-corrected chi connectivity index (χ1v) is 8.41. The van der Waals surface area contributed by atoms with E-state index < -0.39 is 0 Å². The Balaban J connectivity index is 1.75. The quantitative estimate of drug-likeness (QED) is 0.744. The zero-order valence-corrected chi connectivity index (χ0v) is 13.2. The molecular weight excluding hydrogens is 266 g/mol. The van der Waals surface area contributed by atoms with E-state index in [-0.39, 0.29) is 0 Å². The Labute approximate surface area is 133 Å². The third-order valence-electron chi connectivity index (χ3n) is 5.91. The monoisotopic (exact) mass is 289 g/mol. The van der Waals surface area contributed by atoms with Crippen molar-refractivity contribution in [1.29, 1.82) is 0 Å². The summed E-state index contributed by atoms with van der Waals surface area (Å²) in [6, 6.07) is 11.4. The Morgan fingerprint density at radius 3 is 2.32 bits per heavy atom. The van der Waals surface area contributed by atoms with Crippen LogP contribution in [-0.2, 0) is 0 Å². The Hall–Kier alpha value is -1.89. The molecule has 2 aliphatic rings. The van der Waals surface area contributed by atoms with E-state index in [1.807, 2.05) is 18.5 Å². The van der Waals surface area contributed by atoms with Gasteiger partial charge in [0.25, 0.3) is 0 Å². The number of hydrogen-bond donors (Lipinski definition) is 0. The molecule has 4 rings (SSSR count). The van der Waals surface area contributed by atoms with Gasteiger partial charge in [0.05, 0.1) is 0 Å². The van der Waals surface area contributed by atoms with Gasteiger partial charge in [0.1, 0.15) is 0 Å². The number of pyridine rings is 1. The number of nitrogens with zero attached hydrogens (tertiary/aromatic N) is 1. The first kappa shape index (κ1) is 13.8. The zero-order valence-electron chi connectivity index (χ0n) is 13.2. The molecule has 1 heteroatoms. The smallest absolute Gasteiger partial charge is 0.0270 e. The maximum absolute atomic E-state index is 4.20. The molecule has 4 atom stereocenters. The first-order valence-electron chi connectivity index (χ1n) is 8.41. The van der Waals surface area contributed by atoms with Crippen LogP contribution in [0.3, 0.4) is 0 Å². The molecule has 2 fully saturated rings. The summed E-state index contributed by atoms with van der Waals surface area (Å²) in [7, 11) is 0. The maximum atomic E-state index is 4.20. The summed E-state index contributed by atoms with van der Waals surface area (Å²) in [5.74, 6) is 3.07. The fourth-order valence-corrected chi connectivity index (χ4v) is 4.97. The van der Waals surface area contributed by atoms with Crippen LogP contribution in [0.25, 0.3) is 6.08 Å². The molecule has 0 amide bonds. The van der Waals surface area contributed by atoms with Gasteiger partial charge in [-0.25, -0.2) is 0 Å². The van der Waals surface area contributed by atoms with Crippen LogP contribution in [0.1, 0.15) is 53.4 Å². The third kappa shape index (κ3) is 2.11. The molecule has 2 saturated carbocycles. The van der Waals surface area contributed by atoms with Crippen LogP contribution in [0.5, 0.6) is 0 Å². The normalized spacial score (nSPS) is 29.7. The molecule has 2 aromatic rings. The molecule has 0 saturated heterocycles. The third-order valence-corrected chi connectivity index (χ3v) is 5.91. The fourth-order valence-electron chi connectivity index (χ4n) is 4.97. The molecule has 0 aliphatic heterocycles. The lowest BCUT2D eigenvalue weighted by atomic mass is 9.72. The number of hydrogen-bond acceptors (Lipinski definition) is 1. The average Bonchev–Trinajstić information content (AvgIpc) is 3.16. The molecule has 1 aromatic heterocycles. The number of fused-ring (bicyclic) bond motifs is 2. The van der Waals surface area contributed by atoms with Gasteiger partial charge >= 0.3 is 0 Å².